The average Bonchev–Trinajstić information content (AvgIpc) is 3.62. The molecule has 2 bridgehead atoms. The van der Waals surface area contributed by atoms with Crippen molar-refractivity contribution >= 4 is 43.1 Å². The fourth-order valence-corrected chi connectivity index (χ4v) is 7.86. The molecule has 3 aliphatic rings. The molecule has 2 fully saturated rings. The molecule has 0 aliphatic carbocycles. The maximum Gasteiger partial charge on any atom is 0.318 e. The number of hydrogen-bond acceptors (Lipinski definition) is 10. The van der Waals surface area contributed by atoms with E-state index in [0.29, 0.717) is 33.6 Å². The number of halogens is 2. The predicted octanol–water partition coefficient (Wildman–Crippen LogP) is 4.32. The number of aliphatic hydroxyl groups is 1. The van der Waals surface area contributed by atoms with E-state index in [1.54, 1.807) is 13.0 Å². The highest BCUT2D eigenvalue weighted by Crippen LogP contribution is 2.49. The van der Waals surface area contributed by atoms with Crippen LogP contribution in [0.2, 0.25) is 0 Å². The lowest BCUT2D eigenvalue weighted by molar-refractivity contribution is 0.111. The van der Waals surface area contributed by atoms with E-state index in [1.807, 2.05) is 0 Å². The van der Waals surface area contributed by atoms with Crippen LogP contribution in [0.25, 0.3) is 32.1 Å². The van der Waals surface area contributed by atoms with Crippen molar-refractivity contribution in [3.63, 3.8) is 0 Å². The summed E-state index contributed by atoms with van der Waals surface area (Å²) in [6.45, 7) is 4.14. The number of nitrogens with two attached hydrogens (primary N) is 1. The van der Waals surface area contributed by atoms with Gasteiger partial charge in [0.2, 0.25) is 0 Å². The van der Waals surface area contributed by atoms with Gasteiger partial charge < -0.3 is 25.2 Å². The lowest BCUT2D eigenvalue weighted by Gasteiger charge is -2.42. The number of nitriles is 1. The second-order valence-electron chi connectivity index (χ2n) is 11.0. The highest BCUT2D eigenvalue weighted by molar-refractivity contribution is 7.23. The number of benzene rings is 2. The van der Waals surface area contributed by atoms with Crippen molar-refractivity contribution in [1.82, 2.24) is 14.9 Å². The van der Waals surface area contributed by atoms with Gasteiger partial charge in [-0.15, -0.1) is 11.3 Å². The molecule has 0 spiro atoms. The molecular formula is C29H28F2N6O3S. The molecule has 3 atom stereocenters. The Morgan fingerprint density at radius 3 is 2.59 bits per heavy atom. The standard InChI is InChI=1S/C29H28F2N6O3S/c1-13(38)8-36-9-14-3-4-15(10-36)37(14)28-23-18-12-40-11-17(18)22(25(31)26(23)34-29(35-28)39-2)24-19(30)5-6-20-21(24)16(7-32)27(33)41-20/h5-6,13-15,38H,3-4,8-12,33H2,1-2H3. The van der Waals surface area contributed by atoms with E-state index in [2.05, 4.69) is 20.9 Å². The zero-order chi connectivity index (χ0) is 28.6. The minimum absolute atomic E-state index is 0.0122. The summed E-state index contributed by atoms with van der Waals surface area (Å²) in [4.78, 5) is 13.7. The fraction of sp³-hybridized carbons (Fsp3) is 0.414. The van der Waals surface area contributed by atoms with Crippen LogP contribution < -0.4 is 15.4 Å². The number of fused-ring (bicyclic) bond motifs is 6. The summed E-state index contributed by atoms with van der Waals surface area (Å²) in [5.41, 5.74) is 7.49. The summed E-state index contributed by atoms with van der Waals surface area (Å²) >= 11 is 1.16. The third-order valence-electron chi connectivity index (χ3n) is 8.46. The summed E-state index contributed by atoms with van der Waals surface area (Å²) in [6, 6.07) is 5.16. The number of piperazine rings is 1. The Labute approximate surface area is 238 Å². The number of rotatable bonds is 5. The van der Waals surface area contributed by atoms with Crippen LogP contribution in [0.4, 0.5) is 19.6 Å². The van der Waals surface area contributed by atoms with E-state index in [0.717, 1.165) is 37.3 Å². The first kappa shape index (κ1) is 26.3. The normalized spacial score (nSPS) is 21.0. The van der Waals surface area contributed by atoms with Crippen molar-refractivity contribution in [1.29, 1.82) is 5.26 Å². The number of nitrogen functional groups attached to an aromatic ring is 1. The molecule has 0 radical (unpaired) electrons. The molecule has 3 N–H and O–H groups in total. The molecule has 7 rings (SSSR count). The molecular weight excluding hydrogens is 550 g/mol. The van der Waals surface area contributed by atoms with Gasteiger partial charge in [0, 0.05) is 52.9 Å². The Balaban J connectivity index is 1.49. The largest absolute Gasteiger partial charge is 0.467 e. The highest BCUT2D eigenvalue weighted by Gasteiger charge is 2.43. The molecule has 9 nitrogen and oxygen atoms in total. The predicted molar refractivity (Wildman–Crippen MR) is 152 cm³/mol. The summed E-state index contributed by atoms with van der Waals surface area (Å²) in [5, 5.41) is 20.9. The van der Waals surface area contributed by atoms with Crippen LogP contribution in [0, 0.1) is 23.0 Å². The van der Waals surface area contributed by atoms with Crippen molar-refractivity contribution in [2.24, 2.45) is 0 Å². The van der Waals surface area contributed by atoms with Gasteiger partial charge in [-0.05, 0) is 43.0 Å². The van der Waals surface area contributed by atoms with Gasteiger partial charge in [-0.1, -0.05) is 0 Å². The summed E-state index contributed by atoms with van der Waals surface area (Å²) in [6.07, 6.45) is 1.45. The number of methoxy groups -OCH3 is 1. The van der Waals surface area contributed by atoms with Gasteiger partial charge in [-0.2, -0.15) is 15.2 Å². The summed E-state index contributed by atoms with van der Waals surface area (Å²) in [7, 11) is 1.43. The third-order valence-corrected chi connectivity index (χ3v) is 9.44. The quantitative estimate of drug-likeness (QED) is 0.357. The second kappa shape index (κ2) is 9.73. The number of likely N-dealkylation sites (tertiary alicyclic amines) is 1. The van der Waals surface area contributed by atoms with Crippen molar-refractivity contribution in [3.05, 3.63) is 40.5 Å². The summed E-state index contributed by atoms with van der Waals surface area (Å²) < 4.78 is 44.5. The fourth-order valence-electron chi connectivity index (χ4n) is 6.93. The van der Waals surface area contributed by atoms with E-state index in [-0.39, 0.29) is 63.9 Å². The first-order valence-corrected chi connectivity index (χ1v) is 14.4. The lowest BCUT2D eigenvalue weighted by Crippen LogP contribution is -2.55. The van der Waals surface area contributed by atoms with Crippen LogP contribution in [0.3, 0.4) is 0 Å². The Bertz CT molecular complexity index is 1760. The molecule has 2 saturated heterocycles. The first-order valence-electron chi connectivity index (χ1n) is 13.6. The van der Waals surface area contributed by atoms with Gasteiger partial charge in [0.15, 0.2) is 5.82 Å². The zero-order valence-electron chi connectivity index (χ0n) is 22.6. The van der Waals surface area contributed by atoms with Crippen LogP contribution in [0.5, 0.6) is 6.01 Å². The number of ether oxygens (including phenoxy) is 2. The Hall–Kier alpha value is -3.63. The van der Waals surface area contributed by atoms with Crippen molar-refractivity contribution in [2.45, 2.75) is 51.2 Å². The summed E-state index contributed by atoms with van der Waals surface area (Å²) in [5.74, 6) is -0.793. The molecule has 2 aromatic heterocycles. The molecule has 41 heavy (non-hydrogen) atoms. The molecule has 0 saturated carbocycles. The molecule has 12 heteroatoms. The number of aromatic nitrogens is 2. The Morgan fingerprint density at radius 1 is 1.17 bits per heavy atom. The number of thiophene rings is 1. The number of nitrogens with zero attached hydrogens (tertiary/aromatic N) is 5. The molecule has 2 aromatic carbocycles. The van der Waals surface area contributed by atoms with E-state index >= 15 is 8.78 Å². The highest BCUT2D eigenvalue weighted by atomic mass is 32.1. The van der Waals surface area contributed by atoms with Crippen molar-refractivity contribution < 1.29 is 23.4 Å². The maximum atomic E-state index is 16.9. The van der Waals surface area contributed by atoms with Gasteiger partial charge in [0.25, 0.3) is 0 Å². The van der Waals surface area contributed by atoms with E-state index in [4.69, 9.17) is 20.2 Å². The SMILES string of the molecule is COc1nc(N2C3CCC2CN(CC(C)O)C3)c2c3c(c(-c4c(F)ccc5sc(N)c(C#N)c45)c(F)c2n1)COC3. The number of aliphatic hydroxyl groups excluding tert-OH is 1. The zero-order valence-corrected chi connectivity index (χ0v) is 23.4. The number of hydrogen-bond donors (Lipinski definition) is 2. The average molecular weight is 579 g/mol. The van der Waals surface area contributed by atoms with Crippen molar-refractivity contribution in [2.75, 3.05) is 37.4 Å². The molecule has 3 unspecified atom stereocenters. The molecule has 0 amide bonds. The van der Waals surface area contributed by atoms with Gasteiger partial charge in [-0.25, -0.2) is 8.78 Å². The van der Waals surface area contributed by atoms with E-state index in [1.165, 1.54) is 13.2 Å². The van der Waals surface area contributed by atoms with Gasteiger partial charge in [0.05, 0.1) is 37.4 Å². The maximum absolute atomic E-state index is 16.9. The number of anilines is 2. The third kappa shape index (κ3) is 3.94. The monoisotopic (exact) mass is 578 g/mol. The van der Waals surface area contributed by atoms with Gasteiger partial charge in [0.1, 0.15) is 28.2 Å². The van der Waals surface area contributed by atoms with Gasteiger partial charge in [-0.3, -0.25) is 4.90 Å². The topological polar surface area (TPSA) is 121 Å². The number of β-amino-alcohol motifs (C(OH)–C–C–N with tert-alkyl or cyclic N) is 1. The minimum atomic E-state index is -0.716. The van der Waals surface area contributed by atoms with E-state index in [9.17, 15) is 10.4 Å². The molecule has 5 heterocycles. The molecule has 212 valence electrons. The van der Waals surface area contributed by atoms with Crippen LogP contribution in [-0.2, 0) is 18.0 Å². The molecule has 3 aliphatic heterocycles. The first-order chi connectivity index (χ1) is 19.8. The van der Waals surface area contributed by atoms with Crippen LogP contribution in [0.1, 0.15) is 36.5 Å². The van der Waals surface area contributed by atoms with Gasteiger partial charge >= 0.3 is 6.01 Å². The second-order valence-corrected chi connectivity index (χ2v) is 12.1. The van der Waals surface area contributed by atoms with Crippen LogP contribution in [0.15, 0.2) is 12.1 Å². The van der Waals surface area contributed by atoms with Crippen LogP contribution in [-0.4, -0.2) is 64.9 Å². The minimum Gasteiger partial charge on any atom is -0.467 e. The Kier molecular flexibility index (Phi) is 6.24. The van der Waals surface area contributed by atoms with Crippen molar-refractivity contribution in [3.8, 4) is 23.2 Å². The lowest BCUT2D eigenvalue weighted by atomic mass is 9.90. The van der Waals surface area contributed by atoms with E-state index < -0.39 is 17.7 Å². The molecule has 4 aromatic rings. The smallest absolute Gasteiger partial charge is 0.318 e. The van der Waals surface area contributed by atoms with Crippen LogP contribution >= 0.6 is 11.3 Å². The Morgan fingerprint density at radius 2 is 1.90 bits per heavy atom.